The molecule has 1 aliphatic rings. The average Bonchev–Trinajstić information content (AvgIpc) is 2.92. The lowest BCUT2D eigenvalue weighted by molar-refractivity contribution is -0.166. The molecule has 1 aromatic rings. The van der Waals surface area contributed by atoms with Crippen LogP contribution < -0.4 is 11.1 Å². The summed E-state index contributed by atoms with van der Waals surface area (Å²) in [4.78, 5) is 12.6. The molecule has 1 fully saturated rings. The summed E-state index contributed by atoms with van der Waals surface area (Å²) in [5.41, 5.74) is 5.65. The number of hydrogen-bond donors (Lipinski definition) is 2. The Morgan fingerprint density at radius 3 is 2.83 bits per heavy atom. The summed E-state index contributed by atoms with van der Waals surface area (Å²) >= 11 is 0. The summed E-state index contributed by atoms with van der Waals surface area (Å²) in [5.74, 6) is -0.195. The van der Waals surface area contributed by atoms with Crippen molar-refractivity contribution in [1.82, 2.24) is 9.78 Å². The van der Waals surface area contributed by atoms with Gasteiger partial charge in [0.25, 0.3) is 0 Å². The summed E-state index contributed by atoms with van der Waals surface area (Å²) < 4.78 is 12.4. The number of carbonyl (C=O) groups excluding carboxylic acids is 1. The highest BCUT2D eigenvalue weighted by Gasteiger charge is 2.62. The first-order valence-electron chi connectivity index (χ1n) is 7.58. The number of halogens is 1. The van der Waals surface area contributed by atoms with Crippen LogP contribution in [0.15, 0.2) is 12.4 Å². The first-order valence-corrected chi connectivity index (χ1v) is 7.58. The van der Waals surface area contributed by atoms with Crippen LogP contribution in [0, 0.1) is 5.41 Å². The van der Waals surface area contributed by atoms with Gasteiger partial charge < -0.3 is 20.5 Å². The molecule has 7 nitrogen and oxygen atoms in total. The van der Waals surface area contributed by atoms with Gasteiger partial charge in [-0.15, -0.1) is 12.4 Å². The number of carbonyl (C=O) groups is 1. The molecule has 2 atom stereocenters. The van der Waals surface area contributed by atoms with Crippen molar-refractivity contribution >= 4 is 24.0 Å². The van der Waals surface area contributed by atoms with Gasteiger partial charge in [0.2, 0.25) is 5.91 Å². The van der Waals surface area contributed by atoms with Crippen LogP contribution in [0.5, 0.6) is 0 Å². The van der Waals surface area contributed by atoms with E-state index in [9.17, 15) is 4.79 Å². The van der Waals surface area contributed by atoms with E-state index in [1.165, 1.54) is 0 Å². The van der Waals surface area contributed by atoms with Crippen molar-refractivity contribution in [3.8, 4) is 0 Å². The zero-order valence-corrected chi connectivity index (χ0v) is 15.0. The van der Waals surface area contributed by atoms with Crippen molar-refractivity contribution in [3.63, 3.8) is 0 Å². The maximum atomic E-state index is 12.6. The van der Waals surface area contributed by atoms with Gasteiger partial charge in [-0.25, -0.2) is 0 Å². The molecular formula is C15H27ClN4O3. The summed E-state index contributed by atoms with van der Waals surface area (Å²) in [6.45, 7) is 7.72. The summed E-state index contributed by atoms with van der Waals surface area (Å²) in [6, 6.07) is 0. The van der Waals surface area contributed by atoms with E-state index in [0.29, 0.717) is 31.9 Å². The number of aromatic nitrogens is 2. The van der Waals surface area contributed by atoms with Gasteiger partial charge in [0.15, 0.2) is 0 Å². The fourth-order valence-corrected chi connectivity index (χ4v) is 2.80. The van der Waals surface area contributed by atoms with Gasteiger partial charge in [-0.3, -0.25) is 9.48 Å². The predicted molar refractivity (Wildman–Crippen MR) is 90.7 cm³/mol. The standard InChI is InChI=1S/C15H26N4O3.ClH/c1-5-22-12-8-15(16,14(12,2)3)13(20)18-11-9-17-19(10-11)6-7-21-4;/h9-10,12H,5-8,16H2,1-4H3,(H,18,20);1H. The minimum absolute atomic E-state index is 0. The van der Waals surface area contributed by atoms with Gasteiger partial charge in [-0.05, 0) is 6.92 Å². The SMILES string of the molecule is CCOC1CC(N)(C(=O)Nc2cnn(CCOC)c2)C1(C)C.Cl. The van der Waals surface area contributed by atoms with Crippen molar-refractivity contribution in [1.29, 1.82) is 0 Å². The topological polar surface area (TPSA) is 91.4 Å². The van der Waals surface area contributed by atoms with Crippen LogP contribution in [0.4, 0.5) is 5.69 Å². The van der Waals surface area contributed by atoms with Crippen LogP contribution in [-0.2, 0) is 20.8 Å². The fraction of sp³-hybridized carbons (Fsp3) is 0.733. The number of amides is 1. The minimum atomic E-state index is -0.929. The molecule has 132 valence electrons. The predicted octanol–water partition coefficient (Wildman–Crippen LogP) is 1.42. The highest BCUT2D eigenvalue weighted by atomic mass is 35.5. The first-order chi connectivity index (χ1) is 10.3. The molecule has 1 aromatic heterocycles. The molecule has 1 heterocycles. The van der Waals surface area contributed by atoms with E-state index in [0.717, 1.165) is 0 Å². The average molecular weight is 347 g/mol. The quantitative estimate of drug-likeness (QED) is 0.779. The number of rotatable bonds is 7. The zero-order valence-electron chi connectivity index (χ0n) is 14.2. The lowest BCUT2D eigenvalue weighted by atomic mass is 9.54. The van der Waals surface area contributed by atoms with Crippen molar-refractivity contribution < 1.29 is 14.3 Å². The lowest BCUT2D eigenvalue weighted by Gasteiger charge is -2.57. The van der Waals surface area contributed by atoms with Crippen molar-refractivity contribution in [2.75, 3.05) is 25.6 Å². The Morgan fingerprint density at radius 2 is 2.26 bits per heavy atom. The van der Waals surface area contributed by atoms with E-state index in [-0.39, 0.29) is 24.4 Å². The molecule has 0 aromatic carbocycles. The maximum absolute atomic E-state index is 12.6. The number of nitrogens with two attached hydrogens (primary N) is 1. The largest absolute Gasteiger partial charge is 0.383 e. The monoisotopic (exact) mass is 346 g/mol. The zero-order chi connectivity index (χ0) is 16.4. The second-order valence-electron chi connectivity index (χ2n) is 6.28. The van der Waals surface area contributed by atoms with Crippen LogP contribution in [0.25, 0.3) is 0 Å². The van der Waals surface area contributed by atoms with Crippen molar-refractivity contribution in [3.05, 3.63) is 12.4 Å². The first kappa shape index (κ1) is 19.9. The molecule has 8 heteroatoms. The molecule has 0 radical (unpaired) electrons. The van der Waals surface area contributed by atoms with Crippen LogP contribution in [0.3, 0.4) is 0 Å². The van der Waals surface area contributed by atoms with E-state index in [4.69, 9.17) is 15.2 Å². The van der Waals surface area contributed by atoms with Gasteiger partial charge in [-0.2, -0.15) is 5.10 Å². The number of methoxy groups -OCH3 is 1. The third-order valence-corrected chi connectivity index (χ3v) is 4.65. The van der Waals surface area contributed by atoms with Crippen molar-refractivity contribution in [2.45, 2.75) is 45.4 Å². The van der Waals surface area contributed by atoms with Gasteiger partial charge in [0, 0.05) is 31.7 Å². The van der Waals surface area contributed by atoms with Gasteiger partial charge in [0.1, 0.15) is 5.54 Å². The Labute approximate surface area is 143 Å². The molecule has 23 heavy (non-hydrogen) atoms. The molecule has 1 aliphatic carbocycles. The Hall–Kier alpha value is -1.15. The fourth-order valence-electron chi connectivity index (χ4n) is 2.80. The Morgan fingerprint density at radius 1 is 1.57 bits per heavy atom. The van der Waals surface area contributed by atoms with E-state index >= 15 is 0 Å². The molecule has 2 unspecified atom stereocenters. The molecule has 0 aliphatic heterocycles. The normalized spacial score (nSPS) is 25.3. The van der Waals surface area contributed by atoms with E-state index < -0.39 is 11.0 Å². The summed E-state index contributed by atoms with van der Waals surface area (Å²) in [6.07, 6.45) is 3.92. The van der Waals surface area contributed by atoms with Crippen LogP contribution in [0.1, 0.15) is 27.2 Å². The smallest absolute Gasteiger partial charge is 0.245 e. The number of nitrogens with zero attached hydrogens (tertiary/aromatic N) is 2. The molecule has 1 saturated carbocycles. The summed E-state index contributed by atoms with van der Waals surface area (Å²) in [5, 5.41) is 7.03. The minimum Gasteiger partial charge on any atom is -0.383 e. The lowest BCUT2D eigenvalue weighted by Crippen LogP contribution is -2.74. The number of ether oxygens (including phenoxy) is 2. The highest BCUT2D eigenvalue weighted by molar-refractivity contribution is 5.99. The molecule has 2 rings (SSSR count). The Kier molecular flexibility index (Phi) is 6.59. The second-order valence-corrected chi connectivity index (χ2v) is 6.28. The molecule has 0 bridgehead atoms. The Balaban J connectivity index is 0.00000264. The van der Waals surface area contributed by atoms with Gasteiger partial charge in [-0.1, -0.05) is 13.8 Å². The number of nitrogens with one attached hydrogen (secondary N) is 1. The number of hydrogen-bond acceptors (Lipinski definition) is 5. The Bertz CT molecular complexity index is 535. The number of anilines is 1. The highest BCUT2D eigenvalue weighted by Crippen LogP contribution is 2.50. The van der Waals surface area contributed by atoms with Crippen LogP contribution in [-0.4, -0.2) is 47.7 Å². The van der Waals surface area contributed by atoms with Crippen LogP contribution in [0.2, 0.25) is 0 Å². The van der Waals surface area contributed by atoms with Gasteiger partial charge in [0.05, 0.1) is 31.1 Å². The molecule has 3 N–H and O–H groups in total. The van der Waals surface area contributed by atoms with Crippen LogP contribution >= 0.6 is 12.4 Å². The van der Waals surface area contributed by atoms with E-state index in [1.54, 1.807) is 24.2 Å². The van der Waals surface area contributed by atoms with E-state index in [2.05, 4.69) is 10.4 Å². The second kappa shape index (κ2) is 7.61. The molecule has 0 saturated heterocycles. The molecule has 1 amide bonds. The third kappa shape index (κ3) is 3.68. The molecule has 0 spiro atoms. The van der Waals surface area contributed by atoms with Gasteiger partial charge >= 0.3 is 0 Å². The van der Waals surface area contributed by atoms with E-state index in [1.807, 2.05) is 20.8 Å². The molecular weight excluding hydrogens is 320 g/mol. The van der Waals surface area contributed by atoms with Crippen molar-refractivity contribution in [2.24, 2.45) is 11.1 Å². The third-order valence-electron chi connectivity index (χ3n) is 4.65. The maximum Gasteiger partial charge on any atom is 0.245 e. The summed E-state index contributed by atoms with van der Waals surface area (Å²) in [7, 11) is 1.64.